The first kappa shape index (κ1) is 16.2. The average molecular weight is 301 g/mol. The van der Waals surface area contributed by atoms with Crippen molar-refractivity contribution in [2.24, 2.45) is 0 Å². The fourth-order valence-corrected chi connectivity index (χ4v) is 2.21. The molecule has 0 radical (unpaired) electrons. The summed E-state index contributed by atoms with van der Waals surface area (Å²) in [5, 5.41) is 7.78. The summed E-state index contributed by atoms with van der Waals surface area (Å²) in [5.74, 6) is 0.0325. The van der Waals surface area contributed by atoms with E-state index in [0.717, 1.165) is 31.7 Å². The minimum atomic E-state index is 0.0325. The van der Waals surface area contributed by atoms with Gasteiger partial charge in [-0.15, -0.1) is 5.10 Å². The summed E-state index contributed by atoms with van der Waals surface area (Å²) in [6.07, 6.45) is 3.56. The molecule has 118 valence electrons. The number of likely N-dealkylation sites (N-methyl/N-ethyl adjacent to an activating group) is 1. The second-order valence-corrected chi connectivity index (χ2v) is 5.43. The zero-order valence-electron chi connectivity index (χ0n) is 13.4. The quantitative estimate of drug-likeness (QED) is 0.778. The summed E-state index contributed by atoms with van der Waals surface area (Å²) >= 11 is 0. The highest BCUT2D eigenvalue weighted by Crippen LogP contribution is 2.09. The Kier molecular flexibility index (Phi) is 5.66. The molecular formula is C16H23N5O. The van der Waals surface area contributed by atoms with E-state index in [1.165, 1.54) is 5.56 Å². The Morgan fingerprint density at radius 1 is 1.23 bits per heavy atom. The average Bonchev–Trinajstić information content (AvgIpc) is 3.04. The molecule has 0 fully saturated rings. The largest absolute Gasteiger partial charge is 0.345 e. The Bertz CT molecular complexity index is 577. The van der Waals surface area contributed by atoms with Gasteiger partial charge < -0.3 is 4.90 Å². The van der Waals surface area contributed by atoms with Crippen molar-refractivity contribution in [2.75, 3.05) is 27.2 Å². The molecule has 22 heavy (non-hydrogen) atoms. The molecule has 6 nitrogen and oxygen atoms in total. The second-order valence-electron chi connectivity index (χ2n) is 5.43. The number of benzene rings is 1. The summed E-state index contributed by atoms with van der Waals surface area (Å²) in [6.45, 7) is 5.71. The van der Waals surface area contributed by atoms with Crippen LogP contribution in [-0.4, -0.2) is 57.9 Å². The maximum absolute atomic E-state index is 11.9. The Morgan fingerprint density at radius 2 is 1.95 bits per heavy atom. The zero-order chi connectivity index (χ0) is 15.9. The van der Waals surface area contributed by atoms with Crippen molar-refractivity contribution in [3.63, 3.8) is 0 Å². The molecule has 0 aliphatic rings. The highest BCUT2D eigenvalue weighted by Gasteiger charge is 2.09. The lowest BCUT2D eigenvalue weighted by Crippen LogP contribution is -2.27. The van der Waals surface area contributed by atoms with E-state index in [1.54, 1.807) is 25.2 Å². The molecule has 1 aromatic heterocycles. The minimum absolute atomic E-state index is 0.0325. The molecule has 6 heteroatoms. The van der Waals surface area contributed by atoms with Gasteiger partial charge in [0, 0.05) is 38.9 Å². The molecule has 0 saturated carbocycles. The van der Waals surface area contributed by atoms with E-state index < -0.39 is 0 Å². The normalized spacial score (nSPS) is 10.9. The van der Waals surface area contributed by atoms with E-state index in [4.69, 9.17) is 0 Å². The third-order valence-corrected chi connectivity index (χ3v) is 3.58. The smallest absolute Gasteiger partial charge is 0.253 e. The van der Waals surface area contributed by atoms with Gasteiger partial charge in [0.2, 0.25) is 0 Å². The highest BCUT2D eigenvalue weighted by atomic mass is 16.2. The summed E-state index contributed by atoms with van der Waals surface area (Å²) < 4.78 is 1.83. The van der Waals surface area contributed by atoms with Gasteiger partial charge in [-0.3, -0.25) is 14.4 Å². The molecule has 0 saturated heterocycles. The van der Waals surface area contributed by atoms with Crippen LogP contribution in [0.15, 0.2) is 36.7 Å². The Morgan fingerprint density at radius 3 is 2.50 bits per heavy atom. The first-order chi connectivity index (χ1) is 10.6. The van der Waals surface area contributed by atoms with Crippen LogP contribution >= 0.6 is 0 Å². The second kappa shape index (κ2) is 7.70. The molecular weight excluding hydrogens is 278 g/mol. The predicted octanol–water partition coefficient (Wildman–Crippen LogP) is 1.50. The van der Waals surface area contributed by atoms with Gasteiger partial charge in [-0.25, -0.2) is 0 Å². The number of amides is 1. The molecule has 1 amide bonds. The molecule has 0 spiro atoms. The van der Waals surface area contributed by atoms with Crippen molar-refractivity contribution < 1.29 is 4.79 Å². The molecule has 2 rings (SSSR count). The first-order valence-corrected chi connectivity index (χ1v) is 7.47. The molecule has 0 aliphatic heterocycles. The Hall–Kier alpha value is -2.21. The lowest BCUT2D eigenvalue weighted by molar-refractivity contribution is 0.0827. The van der Waals surface area contributed by atoms with Crippen molar-refractivity contribution in [1.82, 2.24) is 24.8 Å². The molecule has 2 aromatic rings. The molecule has 0 aliphatic carbocycles. The van der Waals surface area contributed by atoms with Crippen LogP contribution in [0.25, 0.3) is 0 Å². The molecule has 1 aromatic carbocycles. The topological polar surface area (TPSA) is 54.3 Å². The van der Waals surface area contributed by atoms with E-state index in [2.05, 4.69) is 22.1 Å². The minimum Gasteiger partial charge on any atom is -0.345 e. The first-order valence-electron chi connectivity index (χ1n) is 7.47. The maximum atomic E-state index is 11.9. The van der Waals surface area contributed by atoms with Crippen LogP contribution in [0.1, 0.15) is 22.8 Å². The van der Waals surface area contributed by atoms with Crippen LogP contribution in [0.4, 0.5) is 0 Å². The third-order valence-electron chi connectivity index (χ3n) is 3.58. The fourth-order valence-electron chi connectivity index (χ4n) is 2.21. The molecule has 0 atom stereocenters. The summed E-state index contributed by atoms with van der Waals surface area (Å²) in [4.78, 5) is 15.8. The van der Waals surface area contributed by atoms with Crippen LogP contribution < -0.4 is 0 Å². The van der Waals surface area contributed by atoms with E-state index in [1.807, 2.05) is 35.1 Å². The highest BCUT2D eigenvalue weighted by molar-refractivity contribution is 5.93. The molecule has 1 heterocycles. The number of carbonyl (C=O) groups excluding carboxylic acids is 1. The van der Waals surface area contributed by atoms with E-state index in [0.29, 0.717) is 0 Å². The Labute approximate surface area is 131 Å². The maximum Gasteiger partial charge on any atom is 0.253 e. The number of hydrogen-bond donors (Lipinski definition) is 0. The summed E-state index contributed by atoms with van der Waals surface area (Å²) in [5.41, 5.74) is 1.93. The lowest BCUT2D eigenvalue weighted by atomic mass is 10.1. The van der Waals surface area contributed by atoms with E-state index >= 15 is 0 Å². The number of nitrogens with zero attached hydrogens (tertiary/aromatic N) is 5. The van der Waals surface area contributed by atoms with Crippen LogP contribution in [0.5, 0.6) is 0 Å². The van der Waals surface area contributed by atoms with Gasteiger partial charge in [0.05, 0.1) is 12.7 Å². The number of carbonyl (C=O) groups is 1. The zero-order valence-corrected chi connectivity index (χ0v) is 13.4. The van der Waals surface area contributed by atoms with Gasteiger partial charge in [0.25, 0.3) is 5.91 Å². The fraction of sp³-hybridized carbons (Fsp3) is 0.438. The monoisotopic (exact) mass is 301 g/mol. The van der Waals surface area contributed by atoms with Crippen molar-refractivity contribution in [2.45, 2.75) is 20.0 Å². The van der Waals surface area contributed by atoms with Crippen LogP contribution in [0.2, 0.25) is 0 Å². The summed E-state index contributed by atoms with van der Waals surface area (Å²) in [6, 6.07) is 7.83. The summed E-state index contributed by atoms with van der Waals surface area (Å²) in [7, 11) is 3.53. The SMILES string of the molecule is CCN(CCn1ccnn1)Cc1ccc(C(=O)N(C)C)cc1. The van der Waals surface area contributed by atoms with Gasteiger partial charge in [-0.1, -0.05) is 24.3 Å². The number of aromatic nitrogens is 3. The Balaban J connectivity index is 1.91. The van der Waals surface area contributed by atoms with Crippen LogP contribution in [0.3, 0.4) is 0 Å². The van der Waals surface area contributed by atoms with E-state index in [9.17, 15) is 4.79 Å². The van der Waals surface area contributed by atoms with Crippen molar-refractivity contribution >= 4 is 5.91 Å². The van der Waals surface area contributed by atoms with E-state index in [-0.39, 0.29) is 5.91 Å². The molecule has 0 unspecified atom stereocenters. The number of hydrogen-bond acceptors (Lipinski definition) is 4. The van der Waals surface area contributed by atoms with Crippen LogP contribution in [-0.2, 0) is 13.1 Å². The predicted molar refractivity (Wildman–Crippen MR) is 85.4 cm³/mol. The van der Waals surface area contributed by atoms with Crippen molar-refractivity contribution in [1.29, 1.82) is 0 Å². The lowest BCUT2D eigenvalue weighted by Gasteiger charge is -2.20. The van der Waals surface area contributed by atoms with Gasteiger partial charge in [-0.2, -0.15) is 0 Å². The van der Waals surface area contributed by atoms with Crippen LogP contribution in [0, 0.1) is 0 Å². The molecule has 0 N–H and O–H groups in total. The van der Waals surface area contributed by atoms with Crippen molar-refractivity contribution in [3.05, 3.63) is 47.8 Å². The van der Waals surface area contributed by atoms with Crippen molar-refractivity contribution in [3.8, 4) is 0 Å². The third kappa shape index (κ3) is 4.39. The molecule has 0 bridgehead atoms. The van der Waals surface area contributed by atoms with Gasteiger partial charge in [0.15, 0.2) is 0 Å². The van der Waals surface area contributed by atoms with Gasteiger partial charge in [0.1, 0.15) is 0 Å². The van der Waals surface area contributed by atoms with Gasteiger partial charge >= 0.3 is 0 Å². The van der Waals surface area contributed by atoms with Gasteiger partial charge in [-0.05, 0) is 24.2 Å². The number of rotatable bonds is 7. The standard InChI is InChI=1S/C16H23N5O/c1-4-20(11-12-21-10-9-17-18-21)13-14-5-7-15(8-6-14)16(22)19(2)3/h5-10H,4,11-13H2,1-3H3.